The molecule has 0 saturated carbocycles. The maximum atomic E-state index is 14.4. The lowest BCUT2D eigenvalue weighted by Gasteiger charge is -2.39. The van der Waals surface area contributed by atoms with E-state index in [4.69, 9.17) is 4.52 Å². The van der Waals surface area contributed by atoms with Gasteiger partial charge >= 0.3 is 0 Å². The summed E-state index contributed by atoms with van der Waals surface area (Å²) in [5.74, 6) is -0.315. The summed E-state index contributed by atoms with van der Waals surface area (Å²) in [7, 11) is 0. The van der Waals surface area contributed by atoms with Crippen molar-refractivity contribution in [3.8, 4) is 0 Å². The number of halogens is 2. The van der Waals surface area contributed by atoms with Gasteiger partial charge in [-0.1, -0.05) is 35.5 Å². The Morgan fingerprint density at radius 3 is 2.47 bits per heavy atom. The topological polar surface area (TPSA) is 88.5 Å². The van der Waals surface area contributed by atoms with Gasteiger partial charge in [-0.15, -0.1) is 0 Å². The van der Waals surface area contributed by atoms with Crippen molar-refractivity contribution < 1.29 is 18.2 Å². The highest BCUT2D eigenvalue weighted by Crippen LogP contribution is 2.30. The number of nitrogens with zero attached hydrogens (tertiary/aromatic N) is 5. The summed E-state index contributed by atoms with van der Waals surface area (Å²) in [6.07, 6.45) is 0. The summed E-state index contributed by atoms with van der Waals surface area (Å²) in [4.78, 5) is 18.3. The van der Waals surface area contributed by atoms with Crippen LogP contribution < -0.4 is 4.90 Å². The van der Waals surface area contributed by atoms with Crippen LogP contribution >= 0.6 is 0 Å². The van der Waals surface area contributed by atoms with Crippen LogP contribution in [0, 0.1) is 15.9 Å². The lowest BCUT2D eigenvalue weighted by molar-refractivity contribution is -0.385. The number of hydrogen-bond acceptors (Lipinski definition) is 7. The van der Waals surface area contributed by atoms with E-state index >= 15 is 0 Å². The fraction of sp³-hybridized carbons (Fsp3) is 0.300. The molecule has 1 atom stereocenters. The number of nitro benzene ring substituents is 1. The van der Waals surface area contributed by atoms with E-state index in [0.29, 0.717) is 37.7 Å². The van der Waals surface area contributed by atoms with Crippen molar-refractivity contribution in [3.63, 3.8) is 0 Å². The van der Waals surface area contributed by atoms with Crippen LogP contribution in [0.5, 0.6) is 0 Å². The van der Waals surface area contributed by atoms with Crippen molar-refractivity contribution in [2.75, 3.05) is 31.1 Å². The highest BCUT2D eigenvalue weighted by Gasteiger charge is 2.31. The number of non-ortho nitro benzene ring substituents is 1. The van der Waals surface area contributed by atoms with Gasteiger partial charge in [0.2, 0.25) is 0 Å². The number of benzene rings is 2. The molecule has 1 saturated heterocycles. The molecule has 3 aromatic rings. The summed E-state index contributed by atoms with van der Waals surface area (Å²) in [5, 5.41) is 14.8. The molecule has 0 bridgehead atoms. The Morgan fingerprint density at radius 2 is 1.87 bits per heavy atom. The predicted octanol–water partition coefficient (Wildman–Crippen LogP) is 3.50. The molecule has 1 aliphatic rings. The number of alkyl halides is 1. The van der Waals surface area contributed by atoms with Crippen LogP contribution in [0.3, 0.4) is 0 Å². The predicted molar refractivity (Wildman–Crippen MR) is 104 cm³/mol. The number of aromatic nitrogens is 2. The van der Waals surface area contributed by atoms with E-state index in [-0.39, 0.29) is 17.6 Å². The lowest BCUT2D eigenvalue weighted by Crippen LogP contribution is -2.48. The van der Waals surface area contributed by atoms with E-state index in [9.17, 15) is 18.9 Å². The first-order valence-corrected chi connectivity index (χ1v) is 9.43. The van der Waals surface area contributed by atoms with Crippen LogP contribution in [0.4, 0.5) is 20.2 Å². The second kappa shape index (κ2) is 8.54. The average molecular weight is 415 g/mol. The number of hydrogen-bond donors (Lipinski definition) is 0. The third-order valence-electron chi connectivity index (χ3n) is 5.12. The molecule has 10 heteroatoms. The van der Waals surface area contributed by atoms with E-state index in [0.717, 1.165) is 11.6 Å². The molecular formula is C20H19F2N5O3. The lowest BCUT2D eigenvalue weighted by atomic mass is 10.0. The molecule has 1 fully saturated rings. The maximum Gasteiger partial charge on any atom is 0.272 e. The van der Waals surface area contributed by atoms with Crippen LogP contribution in [0.25, 0.3) is 0 Å². The van der Waals surface area contributed by atoms with E-state index < -0.39 is 17.4 Å². The van der Waals surface area contributed by atoms with Crippen LogP contribution in [0.15, 0.2) is 53.1 Å². The molecule has 2 heterocycles. The van der Waals surface area contributed by atoms with Gasteiger partial charge in [-0.25, -0.2) is 8.78 Å². The van der Waals surface area contributed by atoms with Gasteiger partial charge < -0.3 is 9.42 Å². The van der Waals surface area contributed by atoms with Gasteiger partial charge in [-0.2, -0.15) is 4.98 Å². The van der Waals surface area contributed by atoms with Crippen LogP contribution in [0.2, 0.25) is 0 Å². The quantitative estimate of drug-likeness (QED) is 0.450. The summed E-state index contributed by atoms with van der Waals surface area (Å²) in [6.45, 7) is 1.31. The summed E-state index contributed by atoms with van der Waals surface area (Å²) >= 11 is 0. The highest BCUT2D eigenvalue weighted by atomic mass is 19.1. The fourth-order valence-corrected chi connectivity index (χ4v) is 3.68. The molecule has 8 nitrogen and oxygen atoms in total. The van der Waals surface area contributed by atoms with Gasteiger partial charge in [0, 0.05) is 32.2 Å². The first-order chi connectivity index (χ1) is 14.6. The standard InChI is InChI=1S/C20H19F2N5O3/c21-13-18-23-20(24-30-18)19(14-4-2-1-3-5-14)26-10-8-25(9-11-26)17-7-6-15(27(28)29)12-16(17)22/h1-7,12,19H,8-11,13H2. The number of nitro groups is 1. The molecule has 1 unspecified atom stereocenters. The minimum atomic E-state index is -0.832. The molecule has 0 spiro atoms. The molecule has 4 rings (SSSR count). The van der Waals surface area contributed by atoms with Gasteiger partial charge in [0.15, 0.2) is 18.3 Å². The third-order valence-corrected chi connectivity index (χ3v) is 5.12. The summed E-state index contributed by atoms with van der Waals surface area (Å²) < 4.78 is 32.3. The average Bonchev–Trinajstić information content (AvgIpc) is 3.24. The Bertz CT molecular complexity index is 1020. The van der Waals surface area contributed by atoms with Gasteiger partial charge in [0.25, 0.3) is 11.6 Å². The zero-order valence-corrected chi connectivity index (χ0v) is 15.9. The molecule has 0 aliphatic carbocycles. The number of piperazine rings is 1. The molecule has 156 valence electrons. The van der Waals surface area contributed by atoms with Crippen LogP contribution in [-0.4, -0.2) is 46.1 Å². The second-order valence-corrected chi connectivity index (χ2v) is 6.91. The summed E-state index contributed by atoms with van der Waals surface area (Å²) in [5.41, 5.74) is 0.995. The third kappa shape index (κ3) is 3.99. The van der Waals surface area contributed by atoms with Gasteiger partial charge in [0.1, 0.15) is 0 Å². The molecule has 2 aromatic carbocycles. The van der Waals surface area contributed by atoms with Gasteiger partial charge in [0.05, 0.1) is 22.7 Å². The molecule has 1 aliphatic heterocycles. The zero-order chi connectivity index (χ0) is 21.1. The van der Waals surface area contributed by atoms with Gasteiger partial charge in [-0.3, -0.25) is 15.0 Å². The Morgan fingerprint density at radius 1 is 1.13 bits per heavy atom. The summed E-state index contributed by atoms with van der Waals surface area (Å²) in [6, 6.07) is 12.9. The van der Waals surface area contributed by atoms with Gasteiger partial charge in [-0.05, 0) is 11.6 Å². The van der Waals surface area contributed by atoms with E-state index in [1.54, 1.807) is 0 Å². The van der Waals surface area contributed by atoms with Crippen molar-refractivity contribution in [1.82, 2.24) is 15.0 Å². The molecule has 1 aromatic heterocycles. The minimum Gasteiger partial charge on any atom is -0.367 e. The normalized spacial score (nSPS) is 15.9. The van der Waals surface area contributed by atoms with Crippen LogP contribution in [-0.2, 0) is 6.67 Å². The van der Waals surface area contributed by atoms with Crippen molar-refractivity contribution in [1.29, 1.82) is 0 Å². The van der Waals surface area contributed by atoms with E-state index in [2.05, 4.69) is 15.0 Å². The molecule has 0 radical (unpaired) electrons. The second-order valence-electron chi connectivity index (χ2n) is 6.91. The monoisotopic (exact) mass is 415 g/mol. The molecule has 0 amide bonds. The zero-order valence-electron chi connectivity index (χ0n) is 15.9. The molecular weight excluding hydrogens is 396 g/mol. The molecule has 30 heavy (non-hydrogen) atoms. The Balaban J connectivity index is 1.54. The number of rotatable bonds is 6. The van der Waals surface area contributed by atoms with Crippen molar-refractivity contribution >= 4 is 11.4 Å². The largest absolute Gasteiger partial charge is 0.367 e. The number of anilines is 1. The fourth-order valence-electron chi connectivity index (χ4n) is 3.68. The maximum absolute atomic E-state index is 14.4. The van der Waals surface area contributed by atoms with Crippen molar-refractivity contribution in [2.45, 2.75) is 12.7 Å². The Kier molecular flexibility index (Phi) is 5.66. The van der Waals surface area contributed by atoms with E-state index in [1.807, 2.05) is 35.2 Å². The van der Waals surface area contributed by atoms with Crippen molar-refractivity contribution in [3.05, 3.63) is 81.7 Å². The molecule has 0 N–H and O–H groups in total. The Labute approximate surface area is 170 Å². The van der Waals surface area contributed by atoms with Crippen LogP contribution in [0.1, 0.15) is 23.3 Å². The SMILES string of the molecule is O=[N+]([O-])c1ccc(N2CCN(C(c3ccccc3)c3noc(CF)n3)CC2)c(F)c1. The van der Waals surface area contributed by atoms with Crippen molar-refractivity contribution in [2.24, 2.45) is 0 Å². The highest BCUT2D eigenvalue weighted by molar-refractivity contribution is 5.52. The smallest absolute Gasteiger partial charge is 0.272 e. The van der Waals surface area contributed by atoms with E-state index in [1.165, 1.54) is 12.1 Å². The minimum absolute atomic E-state index is 0.0717. The first-order valence-electron chi connectivity index (χ1n) is 9.43. The Hall–Kier alpha value is -3.40. The first kappa shape index (κ1) is 19.9.